The standard InChI is InChI=1S/C10H15ClN2O/c1-10(2,7-14)6-13-9-3-4-12-5-8(9)11/h3-5,14H,6-7H2,1-2H3,(H,12,13). The van der Waals surface area contributed by atoms with E-state index in [1.165, 1.54) is 0 Å². The first-order valence-corrected chi connectivity index (χ1v) is 4.87. The maximum absolute atomic E-state index is 9.06. The maximum atomic E-state index is 9.06. The number of halogens is 1. The number of aromatic nitrogens is 1. The summed E-state index contributed by atoms with van der Waals surface area (Å²) < 4.78 is 0. The van der Waals surface area contributed by atoms with Crippen LogP contribution < -0.4 is 5.32 Å². The summed E-state index contributed by atoms with van der Waals surface area (Å²) in [5, 5.41) is 12.8. The van der Waals surface area contributed by atoms with E-state index in [2.05, 4.69) is 10.3 Å². The summed E-state index contributed by atoms with van der Waals surface area (Å²) in [6.45, 7) is 4.78. The van der Waals surface area contributed by atoms with E-state index in [4.69, 9.17) is 16.7 Å². The zero-order valence-corrected chi connectivity index (χ0v) is 9.17. The lowest BCUT2D eigenvalue weighted by Gasteiger charge is -2.22. The van der Waals surface area contributed by atoms with Crippen LogP contribution in [0, 0.1) is 5.41 Å². The Morgan fingerprint density at radius 2 is 2.29 bits per heavy atom. The first kappa shape index (κ1) is 11.3. The zero-order valence-electron chi connectivity index (χ0n) is 8.42. The fraction of sp³-hybridized carbons (Fsp3) is 0.500. The highest BCUT2D eigenvalue weighted by Gasteiger charge is 2.16. The van der Waals surface area contributed by atoms with Crippen molar-refractivity contribution in [1.29, 1.82) is 0 Å². The second-order valence-corrected chi connectivity index (χ2v) is 4.44. The van der Waals surface area contributed by atoms with E-state index in [0.29, 0.717) is 11.6 Å². The number of pyridine rings is 1. The van der Waals surface area contributed by atoms with E-state index in [-0.39, 0.29) is 12.0 Å². The highest BCUT2D eigenvalue weighted by atomic mass is 35.5. The Labute approximate surface area is 89.1 Å². The smallest absolute Gasteiger partial charge is 0.0820 e. The number of hydrogen-bond acceptors (Lipinski definition) is 3. The van der Waals surface area contributed by atoms with Gasteiger partial charge in [0.1, 0.15) is 0 Å². The SMILES string of the molecule is CC(C)(CO)CNc1ccncc1Cl. The molecule has 1 heterocycles. The molecule has 0 radical (unpaired) electrons. The molecule has 0 atom stereocenters. The largest absolute Gasteiger partial charge is 0.396 e. The first-order valence-electron chi connectivity index (χ1n) is 4.49. The fourth-order valence-corrected chi connectivity index (χ4v) is 1.10. The van der Waals surface area contributed by atoms with Gasteiger partial charge in [-0.25, -0.2) is 0 Å². The topological polar surface area (TPSA) is 45.1 Å². The van der Waals surface area contributed by atoms with Crippen LogP contribution in [-0.2, 0) is 0 Å². The number of anilines is 1. The highest BCUT2D eigenvalue weighted by molar-refractivity contribution is 6.33. The molecule has 0 amide bonds. The molecule has 2 N–H and O–H groups in total. The van der Waals surface area contributed by atoms with Crippen LogP contribution in [0.25, 0.3) is 0 Å². The van der Waals surface area contributed by atoms with Gasteiger partial charge in [-0.2, -0.15) is 0 Å². The molecule has 0 saturated carbocycles. The van der Waals surface area contributed by atoms with E-state index in [1.54, 1.807) is 12.4 Å². The van der Waals surface area contributed by atoms with Gasteiger partial charge in [-0.05, 0) is 6.07 Å². The van der Waals surface area contributed by atoms with Crippen molar-refractivity contribution < 1.29 is 5.11 Å². The van der Waals surface area contributed by atoms with Gasteiger partial charge < -0.3 is 10.4 Å². The van der Waals surface area contributed by atoms with Crippen LogP contribution in [0.3, 0.4) is 0 Å². The predicted octanol–water partition coefficient (Wildman–Crippen LogP) is 2.17. The molecule has 0 aliphatic carbocycles. The van der Waals surface area contributed by atoms with E-state index in [0.717, 1.165) is 5.69 Å². The molecule has 4 heteroatoms. The van der Waals surface area contributed by atoms with Crippen LogP contribution in [0.15, 0.2) is 18.5 Å². The third-order valence-electron chi connectivity index (χ3n) is 1.96. The van der Waals surface area contributed by atoms with Crippen LogP contribution in [0.1, 0.15) is 13.8 Å². The fourth-order valence-electron chi connectivity index (χ4n) is 0.909. The minimum Gasteiger partial charge on any atom is -0.396 e. The first-order chi connectivity index (χ1) is 6.55. The third kappa shape index (κ3) is 3.16. The summed E-state index contributed by atoms with van der Waals surface area (Å²) in [6, 6.07) is 1.82. The van der Waals surface area contributed by atoms with Gasteiger partial charge in [0, 0.05) is 31.0 Å². The van der Waals surface area contributed by atoms with Gasteiger partial charge >= 0.3 is 0 Å². The molecule has 1 aromatic rings. The monoisotopic (exact) mass is 214 g/mol. The Bertz CT molecular complexity index is 302. The Kier molecular flexibility index (Phi) is 3.72. The van der Waals surface area contributed by atoms with Crippen molar-refractivity contribution in [1.82, 2.24) is 4.98 Å². The van der Waals surface area contributed by atoms with Gasteiger partial charge in [-0.15, -0.1) is 0 Å². The van der Waals surface area contributed by atoms with E-state index in [1.807, 2.05) is 19.9 Å². The highest BCUT2D eigenvalue weighted by Crippen LogP contribution is 2.21. The Morgan fingerprint density at radius 1 is 1.57 bits per heavy atom. The molecule has 0 spiro atoms. The van der Waals surface area contributed by atoms with E-state index >= 15 is 0 Å². The Morgan fingerprint density at radius 3 is 2.86 bits per heavy atom. The van der Waals surface area contributed by atoms with Crippen LogP contribution in [0.5, 0.6) is 0 Å². The molecule has 0 aliphatic heterocycles. The van der Waals surface area contributed by atoms with Gasteiger partial charge in [0.05, 0.1) is 10.7 Å². The van der Waals surface area contributed by atoms with Crippen LogP contribution in [0.2, 0.25) is 5.02 Å². The lowest BCUT2D eigenvalue weighted by molar-refractivity contribution is 0.171. The second-order valence-electron chi connectivity index (χ2n) is 4.03. The molecule has 0 saturated heterocycles. The molecule has 14 heavy (non-hydrogen) atoms. The quantitative estimate of drug-likeness (QED) is 0.808. The number of hydrogen-bond donors (Lipinski definition) is 2. The van der Waals surface area contributed by atoms with Gasteiger partial charge in [-0.1, -0.05) is 25.4 Å². The number of nitrogens with one attached hydrogen (secondary N) is 1. The number of aliphatic hydroxyl groups is 1. The van der Waals surface area contributed by atoms with Crippen LogP contribution in [-0.4, -0.2) is 23.2 Å². The van der Waals surface area contributed by atoms with Crippen molar-refractivity contribution in [3.05, 3.63) is 23.5 Å². The van der Waals surface area contributed by atoms with Crippen molar-refractivity contribution >= 4 is 17.3 Å². The summed E-state index contributed by atoms with van der Waals surface area (Å²) in [4.78, 5) is 3.89. The van der Waals surface area contributed by atoms with Gasteiger partial charge in [-0.3, -0.25) is 4.98 Å². The normalized spacial score (nSPS) is 11.4. The average molecular weight is 215 g/mol. The summed E-state index contributed by atoms with van der Waals surface area (Å²) in [5.41, 5.74) is 0.704. The molecule has 0 aliphatic rings. The van der Waals surface area contributed by atoms with E-state index < -0.39 is 0 Å². The van der Waals surface area contributed by atoms with Gasteiger partial charge in [0.2, 0.25) is 0 Å². The predicted molar refractivity (Wildman–Crippen MR) is 58.6 cm³/mol. The second kappa shape index (κ2) is 4.62. The van der Waals surface area contributed by atoms with Crippen molar-refractivity contribution in [2.45, 2.75) is 13.8 Å². The van der Waals surface area contributed by atoms with E-state index in [9.17, 15) is 0 Å². The van der Waals surface area contributed by atoms with Crippen molar-refractivity contribution in [3.8, 4) is 0 Å². The number of aliphatic hydroxyl groups excluding tert-OH is 1. The number of nitrogens with zero attached hydrogens (tertiary/aromatic N) is 1. The minimum atomic E-state index is -0.146. The molecule has 1 aromatic heterocycles. The molecule has 0 unspecified atom stereocenters. The molecule has 1 rings (SSSR count). The molecule has 0 fully saturated rings. The lowest BCUT2D eigenvalue weighted by atomic mass is 9.95. The van der Waals surface area contributed by atoms with Crippen molar-refractivity contribution in [3.63, 3.8) is 0 Å². The van der Waals surface area contributed by atoms with Crippen molar-refractivity contribution in [2.75, 3.05) is 18.5 Å². The van der Waals surface area contributed by atoms with Gasteiger partial charge in [0.25, 0.3) is 0 Å². The van der Waals surface area contributed by atoms with Crippen LogP contribution >= 0.6 is 11.6 Å². The summed E-state index contributed by atoms with van der Waals surface area (Å²) >= 11 is 5.91. The van der Waals surface area contributed by atoms with Crippen molar-refractivity contribution in [2.24, 2.45) is 5.41 Å². The summed E-state index contributed by atoms with van der Waals surface area (Å²) in [5.74, 6) is 0. The summed E-state index contributed by atoms with van der Waals surface area (Å²) in [6.07, 6.45) is 3.27. The molecule has 3 nitrogen and oxygen atoms in total. The zero-order chi connectivity index (χ0) is 10.6. The molecular formula is C10H15ClN2O. The summed E-state index contributed by atoms with van der Waals surface area (Å²) in [7, 11) is 0. The third-order valence-corrected chi connectivity index (χ3v) is 2.26. The number of rotatable bonds is 4. The Balaban J connectivity index is 2.58. The van der Waals surface area contributed by atoms with Gasteiger partial charge in [0.15, 0.2) is 0 Å². The lowest BCUT2D eigenvalue weighted by Crippen LogP contribution is -2.26. The van der Waals surface area contributed by atoms with Crippen LogP contribution in [0.4, 0.5) is 5.69 Å². The minimum absolute atomic E-state index is 0.142. The molecule has 0 aromatic carbocycles. The average Bonchev–Trinajstić information content (AvgIpc) is 2.17. The maximum Gasteiger partial charge on any atom is 0.0820 e. The molecule has 0 bridgehead atoms. The molecule has 78 valence electrons. The molecular weight excluding hydrogens is 200 g/mol. The Hall–Kier alpha value is -0.800.